The molecule has 1 fully saturated rings. The molecule has 23 heavy (non-hydrogen) atoms. The van der Waals surface area contributed by atoms with Crippen LogP contribution in [0.15, 0.2) is 40.1 Å². The average molecular weight is 333 g/mol. The van der Waals surface area contributed by atoms with Gasteiger partial charge >= 0.3 is 0 Å². The molecule has 0 radical (unpaired) electrons. The smallest absolute Gasteiger partial charge is 0.286 e. The number of nitrogens with zero attached hydrogens (tertiary/aromatic N) is 2. The van der Waals surface area contributed by atoms with Crippen molar-refractivity contribution in [2.24, 2.45) is 4.40 Å². The molecule has 1 saturated heterocycles. The lowest BCUT2D eigenvalue weighted by molar-refractivity contribution is 0.0958. The third-order valence-corrected chi connectivity index (χ3v) is 5.35. The van der Waals surface area contributed by atoms with Crippen LogP contribution in [0.1, 0.15) is 36.0 Å². The van der Waals surface area contributed by atoms with Crippen LogP contribution < -0.4 is 10.2 Å². The lowest BCUT2D eigenvalue weighted by Crippen LogP contribution is -2.35. The van der Waals surface area contributed by atoms with Crippen LogP contribution in [0.4, 0.5) is 5.69 Å². The zero-order valence-corrected chi connectivity index (χ0v) is 13.6. The van der Waals surface area contributed by atoms with E-state index in [9.17, 15) is 13.2 Å². The molecule has 1 aromatic carbocycles. The predicted molar refractivity (Wildman–Crippen MR) is 89.4 cm³/mol. The van der Waals surface area contributed by atoms with Gasteiger partial charge in [0.25, 0.3) is 15.9 Å². The fourth-order valence-electron chi connectivity index (χ4n) is 2.89. The molecule has 6 nitrogen and oxygen atoms in total. The number of rotatable bonds is 3. The molecule has 122 valence electrons. The highest BCUT2D eigenvalue weighted by Crippen LogP contribution is 2.34. The van der Waals surface area contributed by atoms with E-state index in [1.165, 1.54) is 6.07 Å². The number of amides is 1. The molecule has 0 spiro atoms. The molecule has 0 aliphatic carbocycles. The SMILES string of the molecule is C=CCNC(=O)c1ccc2c(c1)S(=O)(=O)N=C1CCCCCN12. The molecule has 1 aromatic rings. The number of carbonyl (C=O) groups excluding carboxylic acids is 1. The normalized spacial score (nSPS) is 19.0. The number of fused-ring (bicyclic) bond motifs is 3. The Morgan fingerprint density at radius 3 is 2.96 bits per heavy atom. The lowest BCUT2D eigenvalue weighted by atomic mass is 10.1. The van der Waals surface area contributed by atoms with Crippen molar-refractivity contribution in [2.75, 3.05) is 18.0 Å². The van der Waals surface area contributed by atoms with Gasteiger partial charge in [-0.1, -0.05) is 12.5 Å². The standard InChI is InChI=1S/C16H19N3O3S/c1-2-9-17-16(20)12-7-8-13-14(11-12)23(21,22)18-15-6-4-3-5-10-19(13)15/h2,7-8,11H,1,3-6,9-10H2,(H,17,20). The minimum atomic E-state index is -3.76. The molecule has 0 atom stereocenters. The first-order valence-corrected chi connectivity index (χ1v) is 9.11. The second-order valence-corrected chi connectivity index (χ2v) is 7.20. The second kappa shape index (κ2) is 6.16. The third kappa shape index (κ3) is 3.01. The van der Waals surface area contributed by atoms with E-state index < -0.39 is 10.0 Å². The Balaban J connectivity index is 2.03. The molecule has 0 aromatic heterocycles. The number of amidine groups is 1. The maximum absolute atomic E-state index is 12.5. The zero-order valence-electron chi connectivity index (χ0n) is 12.8. The van der Waals surface area contributed by atoms with E-state index in [2.05, 4.69) is 16.3 Å². The van der Waals surface area contributed by atoms with Gasteiger partial charge in [0.1, 0.15) is 10.7 Å². The van der Waals surface area contributed by atoms with E-state index in [4.69, 9.17) is 0 Å². The van der Waals surface area contributed by atoms with Crippen molar-refractivity contribution in [3.05, 3.63) is 36.4 Å². The van der Waals surface area contributed by atoms with Crippen molar-refractivity contribution in [3.8, 4) is 0 Å². The summed E-state index contributed by atoms with van der Waals surface area (Å²) >= 11 is 0. The van der Waals surface area contributed by atoms with Gasteiger partial charge in [0.15, 0.2) is 0 Å². The summed E-state index contributed by atoms with van der Waals surface area (Å²) in [6.07, 6.45) is 5.25. The summed E-state index contributed by atoms with van der Waals surface area (Å²) in [5.41, 5.74) is 0.930. The first-order chi connectivity index (χ1) is 11.0. The average Bonchev–Trinajstić information content (AvgIpc) is 2.77. The number of hydrogen-bond donors (Lipinski definition) is 1. The highest BCUT2D eigenvalue weighted by molar-refractivity contribution is 7.90. The fourth-order valence-corrected chi connectivity index (χ4v) is 4.17. The Hall–Kier alpha value is -2.15. The Morgan fingerprint density at radius 1 is 1.35 bits per heavy atom. The van der Waals surface area contributed by atoms with Gasteiger partial charge in [-0.3, -0.25) is 4.79 Å². The second-order valence-electron chi connectivity index (χ2n) is 5.63. The lowest BCUT2D eigenvalue weighted by Gasteiger charge is -2.29. The number of sulfonamides is 1. The zero-order chi connectivity index (χ0) is 16.4. The number of anilines is 1. The van der Waals surface area contributed by atoms with E-state index in [1.54, 1.807) is 18.2 Å². The van der Waals surface area contributed by atoms with Crippen LogP contribution in [0.2, 0.25) is 0 Å². The molecule has 0 bridgehead atoms. The molecular weight excluding hydrogens is 314 g/mol. The van der Waals surface area contributed by atoms with Gasteiger partial charge < -0.3 is 10.2 Å². The topological polar surface area (TPSA) is 78.8 Å². The molecular formula is C16H19N3O3S. The van der Waals surface area contributed by atoms with Gasteiger partial charge in [-0.15, -0.1) is 11.0 Å². The summed E-state index contributed by atoms with van der Waals surface area (Å²) in [6, 6.07) is 4.77. The van der Waals surface area contributed by atoms with Crippen LogP contribution in [-0.4, -0.2) is 33.3 Å². The minimum Gasteiger partial charge on any atom is -0.349 e. The highest BCUT2D eigenvalue weighted by Gasteiger charge is 2.32. The molecule has 7 heteroatoms. The van der Waals surface area contributed by atoms with E-state index >= 15 is 0 Å². The van der Waals surface area contributed by atoms with Crippen LogP contribution in [0, 0.1) is 0 Å². The van der Waals surface area contributed by atoms with Gasteiger partial charge in [0, 0.05) is 25.1 Å². The Kier molecular flexibility index (Phi) is 4.21. The number of carbonyl (C=O) groups is 1. The van der Waals surface area contributed by atoms with Gasteiger partial charge in [-0.2, -0.15) is 8.42 Å². The van der Waals surface area contributed by atoms with Gasteiger partial charge in [-0.25, -0.2) is 0 Å². The molecule has 2 heterocycles. The van der Waals surface area contributed by atoms with E-state index in [0.29, 0.717) is 30.1 Å². The van der Waals surface area contributed by atoms with Crippen molar-refractivity contribution >= 4 is 27.5 Å². The monoisotopic (exact) mass is 333 g/mol. The first kappa shape index (κ1) is 15.7. The molecule has 3 rings (SSSR count). The molecule has 2 aliphatic rings. The first-order valence-electron chi connectivity index (χ1n) is 7.67. The summed E-state index contributed by atoms with van der Waals surface area (Å²) in [5.74, 6) is 0.285. The number of hydrogen-bond acceptors (Lipinski definition) is 4. The van der Waals surface area contributed by atoms with E-state index in [-0.39, 0.29) is 10.8 Å². The molecule has 0 unspecified atom stereocenters. The summed E-state index contributed by atoms with van der Waals surface area (Å²) in [6.45, 7) is 4.62. The van der Waals surface area contributed by atoms with Crippen molar-refractivity contribution in [1.29, 1.82) is 0 Å². The summed E-state index contributed by atoms with van der Waals surface area (Å²) < 4.78 is 28.9. The summed E-state index contributed by atoms with van der Waals surface area (Å²) in [5, 5.41) is 2.65. The largest absolute Gasteiger partial charge is 0.349 e. The van der Waals surface area contributed by atoms with Crippen LogP contribution in [0.25, 0.3) is 0 Å². The minimum absolute atomic E-state index is 0.106. The Bertz CT molecular complexity index is 784. The Labute approximate surface area is 136 Å². The van der Waals surface area contributed by atoms with E-state index in [1.807, 2.05) is 4.90 Å². The van der Waals surface area contributed by atoms with Gasteiger partial charge in [0.05, 0.1) is 5.69 Å². The van der Waals surface area contributed by atoms with Gasteiger partial charge in [0.2, 0.25) is 0 Å². The fraction of sp³-hybridized carbons (Fsp3) is 0.375. The third-order valence-electron chi connectivity index (χ3n) is 4.02. The van der Waals surface area contributed by atoms with Crippen LogP contribution in [0.5, 0.6) is 0 Å². The highest BCUT2D eigenvalue weighted by atomic mass is 32.2. The molecule has 1 amide bonds. The maximum atomic E-state index is 12.5. The quantitative estimate of drug-likeness (QED) is 0.859. The van der Waals surface area contributed by atoms with E-state index in [0.717, 1.165) is 25.8 Å². The molecule has 0 saturated carbocycles. The van der Waals surface area contributed by atoms with Crippen LogP contribution in [-0.2, 0) is 10.0 Å². The van der Waals surface area contributed by atoms with Crippen molar-refractivity contribution in [2.45, 2.75) is 30.6 Å². The molecule has 2 aliphatic heterocycles. The van der Waals surface area contributed by atoms with Crippen molar-refractivity contribution < 1.29 is 13.2 Å². The van der Waals surface area contributed by atoms with Crippen molar-refractivity contribution in [1.82, 2.24) is 5.32 Å². The Morgan fingerprint density at radius 2 is 2.17 bits per heavy atom. The van der Waals surface area contributed by atoms with Crippen LogP contribution >= 0.6 is 0 Å². The van der Waals surface area contributed by atoms with Crippen molar-refractivity contribution in [3.63, 3.8) is 0 Å². The molecule has 1 N–H and O–H groups in total. The predicted octanol–water partition coefficient (Wildman–Crippen LogP) is 2.08. The number of benzene rings is 1. The van der Waals surface area contributed by atoms with Crippen LogP contribution in [0.3, 0.4) is 0 Å². The van der Waals surface area contributed by atoms with Gasteiger partial charge in [-0.05, 0) is 31.0 Å². The maximum Gasteiger partial charge on any atom is 0.286 e. The summed E-state index contributed by atoms with van der Waals surface area (Å²) in [7, 11) is -3.76. The number of nitrogens with one attached hydrogen (secondary N) is 1. The summed E-state index contributed by atoms with van der Waals surface area (Å²) in [4.78, 5) is 14.1.